The van der Waals surface area contributed by atoms with Crippen LogP contribution in [0.15, 0.2) is 22.0 Å². The zero-order valence-electron chi connectivity index (χ0n) is 13.2. The van der Waals surface area contributed by atoms with E-state index in [2.05, 4.69) is 16.1 Å². The highest BCUT2D eigenvalue weighted by Crippen LogP contribution is 2.16. The maximum Gasteiger partial charge on any atom is 0.332 e. The van der Waals surface area contributed by atoms with Crippen LogP contribution in [-0.4, -0.2) is 28.5 Å². The summed E-state index contributed by atoms with van der Waals surface area (Å²) >= 11 is 0. The predicted molar refractivity (Wildman–Crippen MR) is 84.5 cm³/mol. The number of rotatable bonds is 2. The summed E-state index contributed by atoms with van der Waals surface area (Å²) in [6.07, 6.45) is 5.00. The van der Waals surface area contributed by atoms with Crippen molar-refractivity contribution in [2.75, 3.05) is 0 Å². The van der Waals surface area contributed by atoms with Gasteiger partial charge in [0.1, 0.15) is 0 Å². The lowest BCUT2D eigenvalue weighted by molar-refractivity contribution is 0.482. The molecule has 3 aromatic rings. The summed E-state index contributed by atoms with van der Waals surface area (Å²) in [7, 11) is 3.10. The highest BCUT2D eigenvalue weighted by Gasteiger charge is 2.17. The number of fused-ring (bicyclic) bond motifs is 2. The first kappa shape index (κ1) is 14.0. The van der Waals surface area contributed by atoms with Gasteiger partial charge >= 0.3 is 5.69 Å². The van der Waals surface area contributed by atoms with E-state index >= 15 is 0 Å². The number of aryl methyl sites for hydroxylation is 3. The second-order valence-electron chi connectivity index (χ2n) is 6.06. The molecule has 1 aliphatic heterocycles. The van der Waals surface area contributed by atoms with Crippen LogP contribution in [0.4, 0.5) is 0 Å². The molecule has 0 N–H and O–H groups in total. The quantitative estimate of drug-likeness (QED) is 0.668. The van der Waals surface area contributed by atoms with Crippen LogP contribution in [0.25, 0.3) is 11.2 Å². The Labute approximate surface area is 131 Å². The van der Waals surface area contributed by atoms with Crippen molar-refractivity contribution in [1.82, 2.24) is 28.5 Å². The summed E-state index contributed by atoms with van der Waals surface area (Å²) in [5, 5.41) is 4.62. The van der Waals surface area contributed by atoms with Gasteiger partial charge < -0.3 is 4.57 Å². The first-order valence-corrected chi connectivity index (χ1v) is 7.72. The molecule has 4 heterocycles. The number of hydrogen-bond donors (Lipinski definition) is 0. The molecule has 0 bridgehead atoms. The molecule has 0 aromatic carbocycles. The van der Waals surface area contributed by atoms with Crippen LogP contribution in [0.5, 0.6) is 0 Å². The fourth-order valence-electron chi connectivity index (χ4n) is 3.25. The molecule has 4 rings (SSSR count). The smallest absolute Gasteiger partial charge is 0.319 e. The Morgan fingerprint density at radius 3 is 2.78 bits per heavy atom. The van der Waals surface area contributed by atoms with E-state index in [0.29, 0.717) is 17.7 Å². The van der Waals surface area contributed by atoms with Gasteiger partial charge in [0.2, 0.25) is 0 Å². The Balaban J connectivity index is 1.82. The average molecular weight is 314 g/mol. The van der Waals surface area contributed by atoms with Crippen LogP contribution >= 0.6 is 0 Å². The molecule has 0 unspecified atom stereocenters. The van der Waals surface area contributed by atoms with Gasteiger partial charge in [-0.2, -0.15) is 5.10 Å². The molecule has 0 amide bonds. The molecule has 1 aliphatic rings. The molecule has 0 saturated carbocycles. The van der Waals surface area contributed by atoms with E-state index in [4.69, 9.17) is 0 Å². The van der Waals surface area contributed by atoms with Gasteiger partial charge in [-0.1, -0.05) is 0 Å². The monoisotopic (exact) mass is 314 g/mol. The summed E-state index contributed by atoms with van der Waals surface area (Å²) < 4.78 is 6.32. The van der Waals surface area contributed by atoms with Gasteiger partial charge in [0, 0.05) is 26.3 Å². The minimum Gasteiger partial charge on any atom is -0.319 e. The molecule has 0 radical (unpaired) electrons. The molecular formula is C15H18N6O2. The van der Waals surface area contributed by atoms with E-state index in [1.54, 1.807) is 17.9 Å². The molecule has 0 fully saturated rings. The third-order valence-electron chi connectivity index (χ3n) is 4.52. The summed E-state index contributed by atoms with van der Waals surface area (Å²) in [5.74, 6) is 0. The maximum atomic E-state index is 12.4. The van der Waals surface area contributed by atoms with Crippen molar-refractivity contribution < 1.29 is 0 Å². The second kappa shape index (κ2) is 4.94. The normalized spacial score (nSPS) is 14.3. The Hall–Kier alpha value is -2.64. The van der Waals surface area contributed by atoms with Crippen molar-refractivity contribution in [3.05, 3.63) is 44.6 Å². The van der Waals surface area contributed by atoms with Gasteiger partial charge in [-0.15, -0.1) is 0 Å². The lowest BCUT2D eigenvalue weighted by Gasteiger charge is -2.11. The molecule has 8 nitrogen and oxygen atoms in total. The average Bonchev–Trinajstić information content (AvgIpc) is 3.14. The van der Waals surface area contributed by atoms with E-state index in [-0.39, 0.29) is 11.2 Å². The van der Waals surface area contributed by atoms with Crippen LogP contribution in [0.3, 0.4) is 0 Å². The molecule has 120 valence electrons. The molecule has 0 saturated heterocycles. The molecular weight excluding hydrogens is 296 g/mol. The molecule has 8 heteroatoms. The van der Waals surface area contributed by atoms with Gasteiger partial charge in [0.05, 0.1) is 18.6 Å². The van der Waals surface area contributed by atoms with Crippen LogP contribution in [0, 0.1) is 0 Å². The van der Waals surface area contributed by atoms with Crippen LogP contribution in [0.1, 0.15) is 24.2 Å². The minimum atomic E-state index is -0.370. The van der Waals surface area contributed by atoms with Gasteiger partial charge in [-0.05, 0) is 25.3 Å². The Bertz CT molecular complexity index is 996. The predicted octanol–water partition coefficient (Wildman–Crippen LogP) is 0.0148. The van der Waals surface area contributed by atoms with E-state index in [9.17, 15) is 9.59 Å². The third kappa shape index (κ3) is 2.05. The summed E-state index contributed by atoms with van der Waals surface area (Å²) in [4.78, 5) is 28.6. The zero-order chi connectivity index (χ0) is 16.1. The summed E-state index contributed by atoms with van der Waals surface area (Å²) in [5.41, 5.74) is 2.30. The number of hydrogen-bond acceptors (Lipinski definition) is 4. The van der Waals surface area contributed by atoms with Gasteiger partial charge in [0.25, 0.3) is 5.56 Å². The minimum absolute atomic E-state index is 0.329. The van der Waals surface area contributed by atoms with Crippen LogP contribution in [-0.2, 0) is 33.6 Å². The standard InChI is InChI=1S/C15H18N6O2/c1-18-13-12(14(22)19(2)15(18)23)20(9-16-13)8-10-7-11-5-3-4-6-21(11)17-10/h7,9H,3-6,8H2,1-2H3. The van der Waals surface area contributed by atoms with Crippen molar-refractivity contribution in [2.24, 2.45) is 14.1 Å². The first-order valence-electron chi connectivity index (χ1n) is 7.72. The van der Waals surface area contributed by atoms with Crippen molar-refractivity contribution in [1.29, 1.82) is 0 Å². The van der Waals surface area contributed by atoms with Crippen LogP contribution in [0.2, 0.25) is 0 Å². The highest BCUT2D eigenvalue weighted by atomic mass is 16.2. The zero-order valence-corrected chi connectivity index (χ0v) is 13.2. The molecule has 0 aliphatic carbocycles. The molecule has 0 spiro atoms. The highest BCUT2D eigenvalue weighted by molar-refractivity contribution is 5.70. The van der Waals surface area contributed by atoms with E-state index in [0.717, 1.165) is 29.6 Å². The van der Waals surface area contributed by atoms with Crippen molar-refractivity contribution in [3.63, 3.8) is 0 Å². The Morgan fingerprint density at radius 1 is 1.17 bits per heavy atom. The van der Waals surface area contributed by atoms with E-state index in [1.807, 2.05) is 4.68 Å². The second-order valence-corrected chi connectivity index (χ2v) is 6.06. The fourth-order valence-corrected chi connectivity index (χ4v) is 3.25. The van der Waals surface area contributed by atoms with Crippen molar-refractivity contribution in [3.8, 4) is 0 Å². The third-order valence-corrected chi connectivity index (χ3v) is 4.52. The maximum absolute atomic E-state index is 12.4. The van der Waals surface area contributed by atoms with Crippen molar-refractivity contribution >= 4 is 11.2 Å². The van der Waals surface area contributed by atoms with Gasteiger partial charge in [-0.3, -0.25) is 18.6 Å². The van der Waals surface area contributed by atoms with E-state index < -0.39 is 0 Å². The SMILES string of the molecule is Cn1c(=O)c2c(ncn2Cc2cc3n(n2)CCCC3)n(C)c1=O. The Kier molecular flexibility index (Phi) is 3.00. The molecule has 23 heavy (non-hydrogen) atoms. The molecule has 3 aromatic heterocycles. The summed E-state index contributed by atoms with van der Waals surface area (Å²) in [6, 6.07) is 2.09. The summed E-state index contributed by atoms with van der Waals surface area (Å²) in [6.45, 7) is 1.43. The first-order chi connectivity index (χ1) is 11.1. The molecule has 0 atom stereocenters. The topological polar surface area (TPSA) is 79.6 Å². The van der Waals surface area contributed by atoms with Gasteiger partial charge in [0.15, 0.2) is 11.2 Å². The van der Waals surface area contributed by atoms with Crippen LogP contribution < -0.4 is 11.2 Å². The van der Waals surface area contributed by atoms with E-state index in [1.165, 1.54) is 23.7 Å². The fraction of sp³-hybridized carbons (Fsp3) is 0.467. The number of aromatic nitrogens is 6. The lowest BCUT2D eigenvalue weighted by Crippen LogP contribution is -2.37. The Morgan fingerprint density at radius 2 is 2.00 bits per heavy atom. The number of nitrogens with zero attached hydrogens (tertiary/aromatic N) is 6. The lowest BCUT2D eigenvalue weighted by atomic mass is 10.1. The van der Waals surface area contributed by atoms with Gasteiger partial charge in [-0.25, -0.2) is 9.78 Å². The number of imidazole rings is 1. The largest absolute Gasteiger partial charge is 0.332 e. The van der Waals surface area contributed by atoms with Crippen molar-refractivity contribution in [2.45, 2.75) is 32.4 Å².